The molecule has 1 aliphatic rings. The van der Waals surface area contributed by atoms with Gasteiger partial charge in [0.2, 0.25) is 5.91 Å². The molecule has 0 spiro atoms. The van der Waals surface area contributed by atoms with Crippen LogP contribution in [-0.4, -0.2) is 36.5 Å². The van der Waals surface area contributed by atoms with Gasteiger partial charge in [0.05, 0.1) is 5.56 Å². The lowest BCUT2D eigenvalue weighted by Gasteiger charge is -2.32. The number of ether oxygens (including phenoxy) is 1. The molecule has 0 bridgehead atoms. The van der Waals surface area contributed by atoms with Gasteiger partial charge < -0.3 is 9.64 Å². The Kier molecular flexibility index (Phi) is 6.98. The van der Waals surface area contributed by atoms with Gasteiger partial charge in [-0.3, -0.25) is 20.4 Å². The second-order valence-corrected chi connectivity index (χ2v) is 7.31. The second-order valence-electron chi connectivity index (χ2n) is 7.31. The number of halogens is 3. The normalized spacial score (nSPS) is 14.8. The number of hydrogen-bond acceptors (Lipinski definition) is 5. The van der Waals surface area contributed by atoms with Crippen molar-refractivity contribution in [3.63, 3.8) is 0 Å². The van der Waals surface area contributed by atoms with Crippen molar-refractivity contribution in [3.05, 3.63) is 53.7 Å². The fourth-order valence-electron chi connectivity index (χ4n) is 3.24. The highest BCUT2D eigenvalue weighted by Gasteiger charge is 2.31. The molecule has 0 unspecified atom stereocenters. The molecular formula is C21H23F3N4O3. The van der Waals surface area contributed by atoms with Crippen molar-refractivity contribution >= 4 is 17.6 Å². The van der Waals surface area contributed by atoms with Crippen molar-refractivity contribution in [2.45, 2.75) is 25.9 Å². The maximum atomic E-state index is 12.6. The van der Waals surface area contributed by atoms with Crippen molar-refractivity contribution in [3.8, 4) is 5.75 Å². The van der Waals surface area contributed by atoms with Gasteiger partial charge in [0.1, 0.15) is 11.6 Å². The Morgan fingerprint density at radius 3 is 2.52 bits per heavy atom. The Balaban J connectivity index is 1.40. The zero-order valence-corrected chi connectivity index (χ0v) is 16.9. The van der Waals surface area contributed by atoms with Gasteiger partial charge in [0, 0.05) is 25.2 Å². The first-order valence-electron chi connectivity index (χ1n) is 9.79. The van der Waals surface area contributed by atoms with Gasteiger partial charge in [0.15, 0.2) is 6.61 Å². The third-order valence-electron chi connectivity index (χ3n) is 4.95. The van der Waals surface area contributed by atoms with E-state index in [1.165, 1.54) is 6.07 Å². The van der Waals surface area contributed by atoms with Crippen LogP contribution in [0.25, 0.3) is 0 Å². The Morgan fingerprint density at radius 2 is 1.90 bits per heavy atom. The Labute approximate surface area is 177 Å². The van der Waals surface area contributed by atoms with Crippen LogP contribution in [0.5, 0.6) is 5.75 Å². The molecule has 1 aliphatic heterocycles. The van der Waals surface area contributed by atoms with Crippen molar-refractivity contribution in [2.75, 3.05) is 24.6 Å². The molecule has 2 N–H and O–H groups in total. The predicted molar refractivity (Wildman–Crippen MR) is 107 cm³/mol. The van der Waals surface area contributed by atoms with E-state index in [9.17, 15) is 22.8 Å². The summed E-state index contributed by atoms with van der Waals surface area (Å²) in [6.45, 7) is 2.62. The second kappa shape index (κ2) is 9.67. The minimum Gasteiger partial charge on any atom is -0.484 e. The Hall–Kier alpha value is -3.30. The van der Waals surface area contributed by atoms with E-state index in [0.29, 0.717) is 37.5 Å². The number of piperidine rings is 1. The summed E-state index contributed by atoms with van der Waals surface area (Å²) in [6, 6.07) is 9.58. The molecule has 3 rings (SSSR count). The molecule has 0 aliphatic carbocycles. The average molecular weight is 436 g/mol. The highest BCUT2D eigenvalue weighted by Crippen LogP contribution is 2.30. The number of nitrogens with zero attached hydrogens (tertiary/aromatic N) is 2. The highest BCUT2D eigenvalue weighted by molar-refractivity contribution is 5.84. The molecule has 1 fully saturated rings. The van der Waals surface area contributed by atoms with E-state index in [0.717, 1.165) is 17.8 Å². The molecule has 166 valence electrons. The maximum Gasteiger partial charge on any atom is 0.417 e. The molecule has 10 heteroatoms. The van der Waals surface area contributed by atoms with Crippen LogP contribution in [0.2, 0.25) is 0 Å². The van der Waals surface area contributed by atoms with Gasteiger partial charge in [-0.25, -0.2) is 4.98 Å². The van der Waals surface area contributed by atoms with Gasteiger partial charge in [-0.2, -0.15) is 13.2 Å². The predicted octanol–water partition coefficient (Wildman–Crippen LogP) is 2.85. The van der Waals surface area contributed by atoms with E-state index < -0.39 is 17.6 Å². The molecule has 0 saturated carbocycles. The first kappa shape index (κ1) is 22.4. The number of rotatable bonds is 5. The number of pyridine rings is 1. The number of carbonyl (C=O) groups excluding carboxylic acids is 2. The SMILES string of the molecule is Cc1cccc(OCC(=O)NNC(=O)C2CCN(c3ccc(C(F)(F)F)cn3)CC2)c1. The first-order valence-corrected chi connectivity index (χ1v) is 9.79. The zero-order chi connectivity index (χ0) is 22.4. The summed E-state index contributed by atoms with van der Waals surface area (Å²) in [5.74, 6) is -0.118. The highest BCUT2D eigenvalue weighted by atomic mass is 19.4. The summed E-state index contributed by atoms with van der Waals surface area (Å²) < 4.78 is 43.3. The van der Waals surface area contributed by atoms with Crippen LogP contribution in [-0.2, 0) is 15.8 Å². The zero-order valence-electron chi connectivity index (χ0n) is 16.9. The molecule has 7 nitrogen and oxygen atoms in total. The molecule has 1 aromatic heterocycles. The van der Waals surface area contributed by atoms with Gasteiger partial charge in [0.25, 0.3) is 5.91 Å². The largest absolute Gasteiger partial charge is 0.484 e. The number of nitrogens with one attached hydrogen (secondary N) is 2. The lowest BCUT2D eigenvalue weighted by atomic mass is 9.96. The summed E-state index contributed by atoms with van der Waals surface area (Å²) in [4.78, 5) is 29.9. The molecule has 0 radical (unpaired) electrons. The topological polar surface area (TPSA) is 83.6 Å². The van der Waals surface area contributed by atoms with E-state index in [4.69, 9.17) is 4.74 Å². The Bertz CT molecular complexity index is 911. The monoisotopic (exact) mass is 436 g/mol. The van der Waals surface area contributed by atoms with Crippen LogP contribution in [0.15, 0.2) is 42.6 Å². The molecule has 2 heterocycles. The van der Waals surface area contributed by atoms with Gasteiger partial charge >= 0.3 is 6.18 Å². The van der Waals surface area contributed by atoms with E-state index in [-0.39, 0.29) is 18.4 Å². The first-order chi connectivity index (χ1) is 14.7. The molecule has 31 heavy (non-hydrogen) atoms. The standard InChI is InChI=1S/C21H23F3N4O3/c1-14-3-2-4-17(11-14)31-13-19(29)26-27-20(30)15-7-9-28(10-8-15)18-6-5-16(12-25-18)21(22,23)24/h2-6,11-12,15H,7-10,13H2,1H3,(H,26,29)(H,27,30). The number of aromatic nitrogens is 1. The average Bonchev–Trinajstić information content (AvgIpc) is 2.76. The summed E-state index contributed by atoms with van der Waals surface area (Å²) in [5.41, 5.74) is 4.94. The molecule has 2 amide bonds. The molecule has 1 saturated heterocycles. The van der Waals surface area contributed by atoms with E-state index >= 15 is 0 Å². The fraction of sp³-hybridized carbons (Fsp3) is 0.381. The third-order valence-corrected chi connectivity index (χ3v) is 4.95. The maximum absolute atomic E-state index is 12.6. The van der Waals surface area contributed by atoms with Gasteiger partial charge in [-0.1, -0.05) is 12.1 Å². The van der Waals surface area contributed by atoms with Crippen molar-refractivity contribution in [1.29, 1.82) is 0 Å². The number of benzene rings is 1. The minimum atomic E-state index is -4.42. The van der Waals surface area contributed by atoms with E-state index in [1.807, 2.05) is 24.0 Å². The number of carbonyl (C=O) groups is 2. The fourth-order valence-corrected chi connectivity index (χ4v) is 3.24. The van der Waals surface area contributed by atoms with Crippen LogP contribution in [0.4, 0.5) is 19.0 Å². The minimum absolute atomic E-state index is 0.234. The van der Waals surface area contributed by atoms with Crippen LogP contribution < -0.4 is 20.5 Å². The van der Waals surface area contributed by atoms with Crippen molar-refractivity contribution < 1.29 is 27.5 Å². The van der Waals surface area contributed by atoms with Crippen LogP contribution in [0.1, 0.15) is 24.0 Å². The molecule has 0 atom stereocenters. The number of hydrazine groups is 1. The molecule has 1 aromatic carbocycles. The van der Waals surface area contributed by atoms with Crippen molar-refractivity contribution in [2.24, 2.45) is 5.92 Å². The number of aryl methyl sites for hydroxylation is 1. The number of anilines is 1. The van der Waals surface area contributed by atoms with Gasteiger partial charge in [-0.15, -0.1) is 0 Å². The lowest BCUT2D eigenvalue weighted by molar-refractivity contribution is -0.137. The third kappa shape index (κ3) is 6.34. The summed E-state index contributed by atoms with van der Waals surface area (Å²) in [6.07, 6.45) is -2.64. The number of hydrogen-bond donors (Lipinski definition) is 2. The van der Waals surface area contributed by atoms with Crippen LogP contribution >= 0.6 is 0 Å². The smallest absolute Gasteiger partial charge is 0.417 e. The summed E-state index contributed by atoms with van der Waals surface area (Å²) >= 11 is 0. The summed E-state index contributed by atoms with van der Waals surface area (Å²) in [7, 11) is 0. The van der Waals surface area contributed by atoms with E-state index in [1.54, 1.807) is 12.1 Å². The van der Waals surface area contributed by atoms with Gasteiger partial charge in [-0.05, 0) is 49.6 Å². The van der Waals surface area contributed by atoms with Crippen molar-refractivity contribution in [1.82, 2.24) is 15.8 Å². The molecular weight excluding hydrogens is 413 g/mol. The number of alkyl halides is 3. The van der Waals surface area contributed by atoms with Crippen LogP contribution in [0.3, 0.4) is 0 Å². The lowest BCUT2D eigenvalue weighted by Crippen LogP contribution is -2.48. The van der Waals surface area contributed by atoms with Crippen LogP contribution in [0, 0.1) is 12.8 Å². The quantitative estimate of drug-likeness (QED) is 0.705. The van der Waals surface area contributed by atoms with E-state index in [2.05, 4.69) is 15.8 Å². The molecule has 2 aromatic rings. The Morgan fingerprint density at radius 1 is 1.16 bits per heavy atom. The summed E-state index contributed by atoms with van der Waals surface area (Å²) in [5, 5.41) is 0. The number of amides is 2.